The van der Waals surface area contributed by atoms with Gasteiger partial charge in [-0.3, -0.25) is 0 Å². The molecular formula is C12H20O2. The van der Waals surface area contributed by atoms with Gasteiger partial charge in [0, 0.05) is 0 Å². The maximum absolute atomic E-state index is 5.79. The lowest BCUT2D eigenvalue weighted by Crippen LogP contribution is -2.21. The fraction of sp³-hybridized carbons (Fsp3) is 0.667. The minimum absolute atomic E-state index is 0.0891. The van der Waals surface area contributed by atoms with E-state index in [2.05, 4.69) is 12.2 Å². The second kappa shape index (κ2) is 4.76. The van der Waals surface area contributed by atoms with Crippen molar-refractivity contribution in [3.8, 4) is 0 Å². The first kappa shape index (κ1) is 11.5. The summed E-state index contributed by atoms with van der Waals surface area (Å²) >= 11 is 0. The summed E-state index contributed by atoms with van der Waals surface area (Å²) in [5.41, 5.74) is 0. The van der Waals surface area contributed by atoms with Crippen molar-refractivity contribution in [2.45, 2.75) is 52.1 Å². The van der Waals surface area contributed by atoms with Crippen molar-refractivity contribution in [1.29, 1.82) is 0 Å². The number of rotatable bonds is 3. The topological polar surface area (TPSA) is 18.5 Å². The van der Waals surface area contributed by atoms with Crippen LogP contribution in [0.5, 0.6) is 0 Å². The molecule has 0 aromatic heterocycles. The Morgan fingerprint density at radius 3 is 2.43 bits per heavy atom. The third-order valence-corrected chi connectivity index (χ3v) is 2.21. The molecule has 1 heterocycles. The predicted molar refractivity (Wildman–Crippen MR) is 58.1 cm³/mol. The van der Waals surface area contributed by atoms with Crippen LogP contribution < -0.4 is 0 Å². The standard InChI is InChI=1S/C12H20O2/c1-5-7-9-11-10(8-6-2)13-12(3,4)14-11/h5-8,10-11H,9H2,1-4H3/b7-5+,8-6+. The van der Waals surface area contributed by atoms with Crippen LogP contribution in [0.2, 0.25) is 0 Å². The molecule has 2 nitrogen and oxygen atoms in total. The van der Waals surface area contributed by atoms with Gasteiger partial charge >= 0.3 is 0 Å². The highest BCUT2D eigenvalue weighted by atomic mass is 16.7. The van der Waals surface area contributed by atoms with Crippen LogP contribution in [0.3, 0.4) is 0 Å². The van der Waals surface area contributed by atoms with E-state index in [-0.39, 0.29) is 12.2 Å². The highest BCUT2D eigenvalue weighted by molar-refractivity contribution is 4.99. The van der Waals surface area contributed by atoms with Gasteiger partial charge in [-0.05, 0) is 34.1 Å². The summed E-state index contributed by atoms with van der Waals surface area (Å²) < 4.78 is 11.5. The minimum atomic E-state index is -0.448. The van der Waals surface area contributed by atoms with Crippen LogP contribution in [0.15, 0.2) is 24.3 Å². The van der Waals surface area contributed by atoms with Crippen molar-refractivity contribution in [3.05, 3.63) is 24.3 Å². The average Bonchev–Trinajstić information content (AvgIpc) is 2.38. The molecule has 0 saturated carbocycles. The van der Waals surface area contributed by atoms with E-state index in [9.17, 15) is 0 Å². The van der Waals surface area contributed by atoms with Crippen LogP contribution in [0, 0.1) is 0 Å². The Morgan fingerprint density at radius 1 is 1.14 bits per heavy atom. The first-order chi connectivity index (χ1) is 6.59. The van der Waals surface area contributed by atoms with Crippen molar-refractivity contribution in [2.75, 3.05) is 0 Å². The number of hydrogen-bond acceptors (Lipinski definition) is 2. The summed E-state index contributed by atoms with van der Waals surface area (Å²) in [5, 5.41) is 0. The molecule has 14 heavy (non-hydrogen) atoms. The summed E-state index contributed by atoms with van der Waals surface area (Å²) in [4.78, 5) is 0. The van der Waals surface area contributed by atoms with Gasteiger partial charge < -0.3 is 9.47 Å². The molecule has 2 heteroatoms. The van der Waals surface area contributed by atoms with Crippen LogP contribution in [0.4, 0.5) is 0 Å². The Balaban J connectivity index is 2.62. The fourth-order valence-electron chi connectivity index (χ4n) is 1.67. The van der Waals surface area contributed by atoms with Crippen LogP contribution in [-0.2, 0) is 9.47 Å². The maximum atomic E-state index is 5.79. The maximum Gasteiger partial charge on any atom is 0.164 e. The SMILES string of the molecule is C/C=C/CC1OC(C)(C)OC1/C=C/C. The molecule has 1 aliphatic rings. The lowest BCUT2D eigenvalue weighted by atomic mass is 10.1. The Morgan fingerprint density at radius 2 is 1.86 bits per heavy atom. The van der Waals surface area contributed by atoms with Crippen LogP contribution in [-0.4, -0.2) is 18.0 Å². The highest BCUT2D eigenvalue weighted by Crippen LogP contribution is 2.30. The van der Waals surface area contributed by atoms with E-state index in [1.54, 1.807) is 0 Å². The first-order valence-corrected chi connectivity index (χ1v) is 5.18. The lowest BCUT2D eigenvalue weighted by Gasteiger charge is -2.16. The van der Waals surface area contributed by atoms with E-state index in [0.717, 1.165) is 6.42 Å². The van der Waals surface area contributed by atoms with E-state index < -0.39 is 5.79 Å². The molecule has 0 aromatic rings. The lowest BCUT2D eigenvalue weighted by molar-refractivity contribution is -0.142. The quantitative estimate of drug-likeness (QED) is 0.646. The van der Waals surface area contributed by atoms with Gasteiger partial charge in [-0.2, -0.15) is 0 Å². The molecule has 0 bridgehead atoms. The molecule has 2 unspecified atom stereocenters. The molecule has 1 saturated heterocycles. The van der Waals surface area contributed by atoms with Gasteiger partial charge in [-0.15, -0.1) is 0 Å². The zero-order chi connectivity index (χ0) is 10.6. The van der Waals surface area contributed by atoms with Gasteiger partial charge in [0.1, 0.15) is 6.10 Å². The molecule has 0 aromatic carbocycles. The number of ether oxygens (including phenoxy) is 2. The zero-order valence-corrected chi connectivity index (χ0v) is 9.49. The van der Waals surface area contributed by atoms with Crippen molar-refractivity contribution in [1.82, 2.24) is 0 Å². The van der Waals surface area contributed by atoms with E-state index in [1.807, 2.05) is 39.8 Å². The molecule has 2 atom stereocenters. The third kappa shape index (κ3) is 2.96. The highest BCUT2D eigenvalue weighted by Gasteiger charge is 2.38. The van der Waals surface area contributed by atoms with Crippen molar-refractivity contribution in [3.63, 3.8) is 0 Å². The molecule has 0 aliphatic carbocycles. The smallest absolute Gasteiger partial charge is 0.164 e. The van der Waals surface area contributed by atoms with E-state index >= 15 is 0 Å². The first-order valence-electron chi connectivity index (χ1n) is 5.18. The molecule has 80 valence electrons. The minimum Gasteiger partial charge on any atom is -0.344 e. The van der Waals surface area contributed by atoms with Gasteiger partial charge in [-0.1, -0.05) is 24.3 Å². The van der Waals surface area contributed by atoms with E-state index in [0.29, 0.717) is 0 Å². The average molecular weight is 196 g/mol. The van der Waals surface area contributed by atoms with Crippen molar-refractivity contribution < 1.29 is 9.47 Å². The predicted octanol–water partition coefficient (Wildman–Crippen LogP) is 3.05. The van der Waals surface area contributed by atoms with Crippen molar-refractivity contribution in [2.24, 2.45) is 0 Å². The van der Waals surface area contributed by atoms with Gasteiger partial charge in [0.25, 0.3) is 0 Å². The monoisotopic (exact) mass is 196 g/mol. The van der Waals surface area contributed by atoms with Crippen LogP contribution >= 0.6 is 0 Å². The van der Waals surface area contributed by atoms with E-state index in [4.69, 9.17) is 9.47 Å². The Bertz CT molecular complexity index is 228. The zero-order valence-electron chi connectivity index (χ0n) is 9.49. The Kier molecular flexibility index (Phi) is 3.90. The second-order valence-corrected chi connectivity index (χ2v) is 3.97. The van der Waals surface area contributed by atoms with Crippen LogP contribution in [0.25, 0.3) is 0 Å². The molecule has 0 radical (unpaired) electrons. The largest absolute Gasteiger partial charge is 0.344 e. The second-order valence-electron chi connectivity index (χ2n) is 3.97. The summed E-state index contributed by atoms with van der Waals surface area (Å²) in [6.07, 6.45) is 9.38. The van der Waals surface area contributed by atoms with Gasteiger partial charge in [0.2, 0.25) is 0 Å². The summed E-state index contributed by atoms with van der Waals surface area (Å²) in [5.74, 6) is -0.448. The molecule has 1 fully saturated rings. The van der Waals surface area contributed by atoms with E-state index in [1.165, 1.54) is 0 Å². The van der Waals surface area contributed by atoms with Gasteiger partial charge in [-0.25, -0.2) is 0 Å². The molecule has 1 rings (SSSR count). The normalized spacial score (nSPS) is 32.0. The van der Waals surface area contributed by atoms with Gasteiger partial charge in [0.15, 0.2) is 5.79 Å². The Hall–Kier alpha value is -0.600. The number of hydrogen-bond donors (Lipinski definition) is 0. The Labute approximate surface area is 86.6 Å². The fourth-order valence-corrected chi connectivity index (χ4v) is 1.67. The van der Waals surface area contributed by atoms with Gasteiger partial charge in [0.05, 0.1) is 6.10 Å². The summed E-state index contributed by atoms with van der Waals surface area (Å²) in [7, 11) is 0. The molecular weight excluding hydrogens is 176 g/mol. The summed E-state index contributed by atoms with van der Waals surface area (Å²) in [6.45, 7) is 7.94. The van der Waals surface area contributed by atoms with Crippen molar-refractivity contribution >= 4 is 0 Å². The number of allylic oxidation sites excluding steroid dienone is 2. The molecule has 0 amide bonds. The summed E-state index contributed by atoms with van der Waals surface area (Å²) in [6, 6.07) is 0. The molecule has 1 aliphatic heterocycles. The van der Waals surface area contributed by atoms with Crippen LogP contribution in [0.1, 0.15) is 34.1 Å². The molecule has 0 N–H and O–H groups in total. The molecule has 0 spiro atoms. The third-order valence-electron chi connectivity index (χ3n) is 2.21.